The lowest BCUT2D eigenvalue weighted by Gasteiger charge is -2.08. The molecule has 0 atom stereocenters. The molecule has 0 spiro atoms. The third kappa shape index (κ3) is 6.51. The van der Waals surface area contributed by atoms with Crippen LogP contribution in [0.1, 0.15) is 23.6 Å². The summed E-state index contributed by atoms with van der Waals surface area (Å²) < 4.78 is 5.36. The van der Waals surface area contributed by atoms with Gasteiger partial charge in [-0.05, 0) is 42.7 Å². The van der Waals surface area contributed by atoms with Gasteiger partial charge in [-0.25, -0.2) is 0 Å². The fraction of sp³-hybridized carbons (Fsp3) is 0.200. The maximum absolute atomic E-state index is 11.7. The third-order valence-corrected chi connectivity index (χ3v) is 3.53. The summed E-state index contributed by atoms with van der Waals surface area (Å²) in [5.74, 6) is -0.240. The van der Waals surface area contributed by atoms with Gasteiger partial charge in [0.15, 0.2) is 6.61 Å². The number of ether oxygens (including phenoxy) is 1. The second kappa shape index (κ2) is 9.27. The van der Waals surface area contributed by atoms with E-state index in [1.54, 1.807) is 6.08 Å². The van der Waals surface area contributed by atoms with Crippen molar-refractivity contribution in [3.05, 3.63) is 71.3 Å². The van der Waals surface area contributed by atoms with Crippen LogP contribution < -0.4 is 15.6 Å². The highest BCUT2D eigenvalue weighted by atomic mass is 16.5. The Balaban J connectivity index is 1.71. The topological polar surface area (TPSA) is 67.4 Å². The summed E-state index contributed by atoms with van der Waals surface area (Å²) in [7, 11) is 0. The lowest BCUT2D eigenvalue weighted by atomic mass is 10.1. The molecular formula is C20H22N2O3. The van der Waals surface area contributed by atoms with Crippen molar-refractivity contribution in [3.63, 3.8) is 0 Å². The van der Waals surface area contributed by atoms with Crippen molar-refractivity contribution in [2.45, 2.75) is 20.3 Å². The van der Waals surface area contributed by atoms with Crippen LogP contribution in [0, 0.1) is 6.92 Å². The van der Waals surface area contributed by atoms with Crippen molar-refractivity contribution in [2.75, 3.05) is 6.61 Å². The summed E-state index contributed by atoms with van der Waals surface area (Å²) >= 11 is 0. The minimum atomic E-state index is -0.434. The highest BCUT2D eigenvalue weighted by Gasteiger charge is 2.04. The van der Waals surface area contributed by atoms with Gasteiger partial charge < -0.3 is 4.74 Å². The van der Waals surface area contributed by atoms with Crippen LogP contribution in [0.2, 0.25) is 0 Å². The number of benzene rings is 2. The molecule has 0 heterocycles. The van der Waals surface area contributed by atoms with Crippen LogP contribution in [-0.2, 0) is 16.0 Å². The van der Waals surface area contributed by atoms with E-state index < -0.39 is 11.8 Å². The number of amides is 2. The molecule has 0 aliphatic rings. The Morgan fingerprint density at radius 3 is 2.32 bits per heavy atom. The smallest absolute Gasteiger partial charge is 0.276 e. The van der Waals surface area contributed by atoms with E-state index in [9.17, 15) is 9.59 Å². The Labute approximate surface area is 147 Å². The van der Waals surface area contributed by atoms with E-state index in [-0.39, 0.29) is 6.61 Å². The average molecular weight is 338 g/mol. The monoisotopic (exact) mass is 338 g/mol. The third-order valence-electron chi connectivity index (χ3n) is 3.53. The maximum Gasteiger partial charge on any atom is 0.276 e. The number of hydrazine groups is 1. The largest absolute Gasteiger partial charge is 0.484 e. The number of hydrogen-bond donors (Lipinski definition) is 2. The molecule has 0 aliphatic heterocycles. The van der Waals surface area contributed by atoms with Crippen molar-refractivity contribution >= 4 is 17.9 Å². The van der Waals surface area contributed by atoms with E-state index in [2.05, 4.69) is 17.8 Å². The molecule has 2 aromatic rings. The molecule has 0 aromatic heterocycles. The molecule has 0 bridgehead atoms. The van der Waals surface area contributed by atoms with Crippen molar-refractivity contribution in [2.24, 2.45) is 0 Å². The Bertz CT molecular complexity index is 735. The van der Waals surface area contributed by atoms with Crippen molar-refractivity contribution < 1.29 is 14.3 Å². The van der Waals surface area contributed by atoms with Crippen LogP contribution in [0.5, 0.6) is 5.75 Å². The van der Waals surface area contributed by atoms with Crippen LogP contribution in [-0.4, -0.2) is 18.4 Å². The molecule has 2 aromatic carbocycles. The molecule has 0 aliphatic carbocycles. The predicted octanol–water partition coefficient (Wildman–Crippen LogP) is 2.80. The number of nitrogens with one attached hydrogen (secondary N) is 2. The normalized spacial score (nSPS) is 10.5. The van der Waals surface area contributed by atoms with Gasteiger partial charge >= 0.3 is 0 Å². The lowest BCUT2D eigenvalue weighted by molar-refractivity contribution is -0.128. The van der Waals surface area contributed by atoms with E-state index in [1.807, 2.05) is 55.5 Å². The number of carbonyl (C=O) groups excluding carboxylic acids is 2. The lowest BCUT2D eigenvalue weighted by Crippen LogP contribution is -2.43. The summed E-state index contributed by atoms with van der Waals surface area (Å²) in [4.78, 5) is 23.4. The summed E-state index contributed by atoms with van der Waals surface area (Å²) in [6, 6.07) is 15.3. The maximum atomic E-state index is 11.7. The van der Waals surface area contributed by atoms with Gasteiger partial charge in [0, 0.05) is 6.08 Å². The van der Waals surface area contributed by atoms with Gasteiger partial charge in [-0.1, -0.05) is 48.9 Å². The zero-order chi connectivity index (χ0) is 18.1. The molecular weight excluding hydrogens is 316 g/mol. The molecule has 0 saturated heterocycles. The molecule has 2 amide bonds. The first-order valence-electron chi connectivity index (χ1n) is 8.12. The van der Waals surface area contributed by atoms with Crippen LogP contribution >= 0.6 is 0 Å². The number of rotatable bonds is 6. The molecule has 2 N–H and O–H groups in total. The number of hydrogen-bond acceptors (Lipinski definition) is 3. The highest BCUT2D eigenvalue weighted by Crippen LogP contribution is 2.12. The van der Waals surface area contributed by atoms with Crippen LogP contribution in [0.4, 0.5) is 0 Å². The molecule has 2 rings (SSSR count). The van der Waals surface area contributed by atoms with Gasteiger partial charge in [0.25, 0.3) is 11.8 Å². The fourth-order valence-corrected chi connectivity index (χ4v) is 2.03. The Morgan fingerprint density at radius 2 is 1.68 bits per heavy atom. The zero-order valence-corrected chi connectivity index (χ0v) is 14.4. The van der Waals surface area contributed by atoms with Gasteiger partial charge in [-0.2, -0.15) is 0 Å². The number of carbonyl (C=O) groups is 2. The zero-order valence-electron chi connectivity index (χ0n) is 14.4. The van der Waals surface area contributed by atoms with Crippen molar-refractivity contribution in [3.8, 4) is 5.75 Å². The number of aryl methyl sites for hydroxylation is 2. The van der Waals surface area contributed by atoms with Crippen LogP contribution in [0.15, 0.2) is 54.6 Å². The molecule has 5 heteroatoms. The molecule has 25 heavy (non-hydrogen) atoms. The molecule has 0 saturated carbocycles. The average Bonchev–Trinajstić information content (AvgIpc) is 2.64. The molecule has 0 unspecified atom stereocenters. The van der Waals surface area contributed by atoms with E-state index >= 15 is 0 Å². The Kier molecular flexibility index (Phi) is 6.77. The standard InChI is InChI=1S/C20H22N2O3/c1-3-16-8-11-18(12-9-16)25-14-20(24)22-21-19(23)13-10-17-6-4-15(2)5-7-17/h4-13H,3,14H2,1-2H3,(H,21,23)(H,22,24). The van der Waals surface area contributed by atoms with E-state index in [0.717, 1.165) is 17.5 Å². The highest BCUT2D eigenvalue weighted by molar-refractivity contribution is 5.93. The van der Waals surface area contributed by atoms with E-state index in [1.165, 1.54) is 11.6 Å². The minimum Gasteiger partial charge on any atom is -0.484 e. The first-order chi connectivity index (χ1) is 12.1. The van der Waals surface area contributed by atoms with Crippen molar-refractivity contribution in [1.29, 1.82) is 0 Å². The summed E-state index contributed by atoms with van der Waals surface area (Å²) in [6.07, 6.45) is 3.98. The molecule has 130 valence electrons. The first kappa shape index (κ1) is 18.3. The van der Waals surface area contributed by atoms with E-state index in [4.69, 9.17) is 4.74 Å². The summed E-state index contributed by atoms with van der Waals surface area (Å²) in [6.45, 7) is 3.89. The molecule has 5 nitrogen and oxygen atoms in total. The van der Waals surface area contributed by atoms with Gasteiger partial charge in [0.2, 0.25) is 0 Å². The van der Waals surface area contributed by atoms with Crippen LogP contribution in [0.3, 0.4) is 0 Å². The van der Waals surface area contributed by atoms with Crippen LogP contribution in [0.25, 0.3) is 6.08 Å². The van der Waals surface area contributed by atoms with Gasteiger partial charge in [0.1, 0.15) is 5.75 Å². The first-order valence-corrected chi connectivity index (χ1v) is 8.12. The quantitative estimate of drug-likeness (QED) is 0.629. The molecule has 0 fully saturated rings. The van der Waals surface area contributed by atoms with Gasteiger partial charge in [0.05, 0.1) is 0 Å². The van der Waals surface area contributed by atoms with Gasteiger partial charge in [-0.15, -0.1) is 0 Å². The van der Waals surface area contributed by atoms with Gasteiger partial charge in [-0.3, -0.25) is 20.4 Å². The summed E-state index contributed by atoms with van der Waals surface area (Å²) in [5, 5.41) is 0. The van der Waals surface area contributed by atoms with E-state index in [0.29, 0.717) is 5.75 Å². The Morgan fingerprint density at radius 1 is 1.00 bits per heavy atom. The second-order valence-corrected chi connectivity index (χ2v) is 5.57. The minimum absolute atomic E-state index is 0.173. The van der Waals surface area contributed by atoms with Crippen molar-refractivity contribution in [1.82, 2.24) is 10.9 Å². The summed E-state index contributed by atoms with van der Waals surface area (Å²) in [5.41, 5.74) is 7.88. The fourth-order valence-electron chi connectivity index (χ4n) is 2.03. The SMILES string of the molecule is CCc1ccc(OCC(=O)NNC(=O)C=Cc2ccc(C)cc2)cc1. The second-order valence-electron chi connectivity index (χ2n) is 5.57. The molecule has 0 radical (unpaired) electrons. The predicted molar refractivity (Wildman–Crippen MR) is 97.8 cm³/mol. The Hall–Kier alpha value is -3.08.